The zero-order valence-corrected chi connectivity index (χ0v) is 14.4. The van der Waals surface area contributed by atoms with E-state index in [9.17, 15) is 9.59 Å². The smallest absolute Gasteiger partial charge is 0.328 e. The van der Waals surface area contributed by atoms with Gasteiger partial charge in [0.1, 0.15) is 6.04 Å². The Balaban J connectivity index is 2.65. The number of ether oxygens (including phenoxy) is 1. The van der Waals surface area contributed by atoms with E-state index < -0.39 is 12.0 Å². The number of carbonyl (C=O) groups excluding carboxylic acids is 2. The Labute approximate surface area is 137 Å². The van der Waals surface area contributed by atoms with Crippen molar-refractivity contribution in [1.29, 1.82) is 0 Å². The van der Waals surface area contributed by atoms with E-state index in [2.05, 4.69) is 21.2 Å². The third-order valence-corrected chi connectivity index (χ3v) is 4.10. The molecule has 4 nitrogen and oxygen atoms in total. The third-order valence-electron chi connectivity index (χ3n) is 2.73. The fourth-order valence-corrected chi connectivity index (χ4v) is 2.51. The maximum Gasteiger partial charge on any atom is 0.328 e. The quantitative estimate of drug-likeness (QED) is 0.591. The lowest BCUT2D eigenvalue weighted by Crippen LogP contribution is -2.41. The molecule has 0 fully saturated rings. The normalized spacial score (nSPS) is 12.1. The van der Waals surface area contributed by atoms with Crippen LogP contribution < -0.4 is 5.32 Å². The van der Waals surface area contributed by atoms with E-state index in [0.717, 1.165) is 15.8 Å². The molecule has 1 N–H and O–H groups in total. The number of rotatable bonds is 7. The molecule has 0 spiro atoms. The highest BCUT2D eigenvalue weighted by atomic mass is 79.9. The van der Waals surface area contributed by atoms with E-state index >= 15 is 0 Å². The number of methoxy groups -OCH3 is 1. The summed E-state index contributed by atoms with van der Waals surface area (Å²) in [6, 6.07) is 6.96. The molecule has 0 aliphatic rings. The highest BCUT2D eigenvalue weighted by Gasteiger charge is 2.19. The van der Waals surface area contributed by atoms with Crippen LogP contribution in [0.4, 0.5) is 0 Å². The number of nitrogens with one attached hydrogen (secondary N) is 1. The van der Waals surface area contributed by atoms with Crippen molar-refractivity contribution >= 4 is 45.6 Å². The first-order valence-electron chi connectivity index (χ1n) is 6.38. The zero-order chi connectivity index (χ0) is 15.7. The van der Waals surface area contributed by atoms with Crippen molar-refractivity contribution in [3.05, 3.63) is 40.4 Å². The van der Waals surface area contributed by atoms with Crippen LogP contribution in [0.25, 0.3) is 6.08 Å². The maximum absolute atomic E-state index is 11.9. The number of carbonyl (C=O) groups is 2. The van der Waals surface area contributed by atoms with Gasteiger partial charge in [-0.05, 0) is 36.1 Å². The largest absolute Gasteiger partial charge is 0.467 e. The Morgan fingerprint density at radius 2 is 2.14 bits per heavy atom. The van der Waals surface area contributed by atoms with E-state index in [1.165, 1.54) is 13.2 Å². The molecule has 21 heavy (non-hydrogen) atoms. The lowest BCUT2D eigenvalue weighted by Gasteiger charge is -2.14. The summed E-state index contributed by atoms with van der Waals surface area (Å²) in [5.74, 6) is 0.0301. The van der Waals surface area contributed by atoms with Gasteiger partial charge in [0.15, 0.2) is 0 Å². The van der Waals surface area contributed by atoms with Crippen molar-refractivity contribution < 1.29 is 14.3 Å². The van der Waals surface area contributed by atoms with Gasteiger partial charge in [0, 0.05) is 10.5 Å². The topological polar surface area (TPSA) is 55.4 Å². The number of hydrogen-bond acceptors (Lipinski definition) is 4. The average molecular weight is 372 g/mol. The Bertz CT molecular complexity index is 519. The predicted octanol–water partition coefficient (Wildman–Crippen LogP) is 2.87. The Hall–Kier alpha value is -1.27. The number of hydrogen-bond donors (Lipinski definition) is 1. The van der Waals surface area contributed by atoms with Crippen molar-refractivity contribution in [2.75, 3.05) is 19.1 Å². The molecule has 0 saturated heterocycles. The van der Waals surface area contributed by atoms with Gasteiger partial charge in [-0.2, -0.15) is 11.8 Å². The van der Waals surface area contributed by atoms with E-state index in [1.54, 1.807) is 17.8 Å². The summed E-state index contributed by atoms with van der Waals surface area (Å²) in [5.41, 5.74) is 0.895. The number of thioether (sulfide) groups is 1. The lowest BCUT2D eigenvalue weighted by atomic mass is 10.2. The standard InChI is InChI=1S/C15H18BrNO3S/c1-20-15(19)13(9-10-21-2)17-14(18)8-7-11-5-3-4-6-12(11)16/h3-8,13H,9-10H2,1-2H3,(H,17,18)/b8-7+/t13-/m1/s1. The second-order valence-electron chi connectivity index (χ2n) is 4.22. The summed E-state index contributed by atoms with van der Waals surface area (Å²) in [5, 5.41) is 2.66. The molecule has 0 aliphatic heterocycles. The van der Waals surface area contributed by atoms with Crippen molar-refractivity contribution in [2.24, 2.45) is 0 Å². The minimum Gasteiger partial charge on any atom is -0.467 e. The summed E-state index contributed by atoms with van der Waals surface area (Å²) in [4.78, 5) is 23.5. The van der Waals surface area contributed by atoms with Gasteiger partial charge in [0.2, 0.25) is 5.91 Å². The second-order valence-corrected chi connectivity index (χ2v) is 6.06. The van der Waals surface area contributed by atoms with E-state index in [0.29, 0.717) is 6.42 Å². The molecule has 1 amide bonds. The fraction of sp³-hybridized carbons (Fsp3) is 0.333. The molecular formula is C15H18BrNO3S. The molecule has 1 aromatic carbocycles. The van der Waals surface area contributed by atoms with Gasteiger partial charge in [-0.25, -0.2) is 4.79 Å². The van der Waals surface area contributed by atoms with Crippen molar-refractivity contribution in [2.45, 2.75) is 12.5 Å². The van der Waals surface area contributed by atoms with Gasteiger partial charge in [-0.15, -0.1) is 0 Å². The molecule has 0 heterocycles. The number of amides is 1. The van der Waals surface area contributed by atoms with E-state index in [-0.39, 0.29) is 5.91 Å². The summed E-state index contributed by atoms with van der Waals surface area (Å²) in [7, 11) is 1.32. The molecule has 114 valence electrons. The van der Waals surface area contributed by atoms with Crippen molar-refractivity contribution in [1.82, 2.24) is 5.32 Å². The first-order chi connectivity index (χ1) is 10.1. The van der Waals surface area contributed by atoms with Crippen LogP contribution >= 0.6 is 27.7 Å². The minimum atomic E-state index is -0.612. The molecule has 0 aliphatic carbocycles. The fourth-order valence-electron chi connectivity index (χ4n) is 1.62. The zero-order valence-electron chi connectivity index (χ0n) is 12.0. The SMILES string of the molecule is COC(=O)[C@@H](CCSC)NC(=O)/C=C/c1ccccc1Br. The van der Waals surface area contributed by atoms with Crippen LogP contribution in [-0.2, 0) is 14.3 Å². The van der Waals surface area contributed by atoms with Crippen LogP contribution in [0.3, 0.4) is 0 Å². The van der Waals surface area contributed by atoms with E-state index in [4.69, 9.17) is 4.74 Å². The minimum absolute atomic E-state index is 0.317. The molecule has 6 heteroatoms. The van der Waals surface area contributed by atoms with Gasteiger partial charge < -0.3 is 10.1 Å². The molecule has 0 aromatic heterocycles. The monoisotopic (exact) mass is 371 g/mol. The van der Waals surface area contributed by atoms with Crippen LogP contribution in [0.2, 0.25) is 0 Å². The summed E-state index contributed by atoms with van der Waals surface area (Å²) >= 11 is 5.02. The molecule has 1 aromatic rings. The molecule has 1 rings (SSSR count). The first kappa shape index (κ1) is 17.8. The van der Waals surface area contributed by atoms with E-state index in [1.807, 2.05) is 30.5 Å². The summed E-state index contributed by atoms with van der Waals surface area (Å²) in [6.07, 6.45) is 5.60. The van der Waals surface area contributed by atoms with Crippen LogP contribution in [0.15, 0.2) is 34.8 Å². The first-order valence-corrected chi connectivity index (χ1v) is 8.57. The third kappa shape index (κ3) is 6.35. The van der Waals surface area contributed by atoms with Crippen LogP contribution in [0, 0.1) is 0 Å². The van der Waals surface area contributed by atoms with Crippen molar-refractivity contribution in [3.63, 3.8) is 0 Å². The Kier molecular flexibility index (Phi) is 8.15. The Morgan fingerprint density at radius 1 is 1.43 bits per heavy atom. The summed E-state index contributed by atoms with van der Waals surface area (Å²) in [6.45, 7) is 0. The lowest BCUT2D eigenvalue weighted by molar-refractivity contribution is -0.144. The highest BCUT2D eigenvalue weighted by Crippen LogP contribution is 2.17. The maximum atomic E-state index is 11.9. The number of esters is 1. The highest BCUT2D eigenvalue weighted by molar-refractivity contribution is 9.10. The predicted molar refractivity (Wildman–Crippen MR) is 90.1 cm³/mol. The molecule has 0 radical (unpaired) electrons. The number of halogens is 1. The van der Waals surface area contributed by atoms with Gasteiger partial charge >= 0.3 is 5.97 Å². The molecule has 0 unspecified atom stereocenters. The summed E-state index contributed by atoms with van der Waals surface area (Å²) < 4.78 is 5.60. The molecular weight excluding hydrogens is 354 g/mol. The van der Waals surface area contributed by atoms with Gasteiger partial charge in [-0.3, -0.25) is 4.79 Å². The van der Waals surface area contributed by atoms with Crippen LogP contribution in [0.5, 0.6) is 0 Å². The molecule has 0 saturated carbocycles. The van der Waals surface area contributed by atoms with Crippen LogP contribution in [-0.4, -0.2) is 37.0 Å². The van der Waals surface area contributed by atoms with Gasteiger partial charge in [-0.1, -0.05) is 34.1 Å². The van der Waals surface area contributed by atoms with Crippen LogP contribution in [0.1, 0.15) is 12.0 Å². The molecule has 1 atom stereocenters. The Morgan fingerprint density at radius 3 is 2.76 bits per heavy atom. The van der Waals surface area contributed by atoms with Gasteiger partial charge in [0.05, 0.1) is 7.11 Å². The number of benzene rings is 1. The molecule has 0 bridgehead atoms. The van der Waals surface area contributed by atoms with Crippen molar-refractivity contribution in [3.8, 4) is 0 Å². The van der Waals surface area contributed by atoms with Gasteiger partial charge in [0.25, 0.3) is 0 Å². The average Bonchev–Trinajstić information content (AvgIpc) is 2.49. The second kappa shape index (κ2) is 9.63.